The van der Waals surface area contributed by atoms with Gasteiger partial charge in [-0.3, -0.25) is 4.79 Å². The number of fused-ring (bicyclic) bond motifs is 1. The molecule has 0 fully saturated rings. The minimum Gasteiger partial charge on any atom is -0.489 e. The van der Waals surface area contributed by atoms with Gasteiger partial charge in [0.15, 0.2) is 0 Å². The highest BCUT2D eigenvalue weighted by atomic mass is 16.5. The topological polar surface area (TPSA) is 108 Å². The molecule has 0 bridgehead atoms. The second-order valence-electron chi connectivity index (χ2n) is 8.89. The number of benzene rings is 2. The summed E-state index contributed by atoms with van der Waals surface area (Å²) in [4.78, 5) is 37.8. The van der Waals surface area contributed by atoms with Crippen molar-refractivity contribution < 1.29 is 24.2 Å². The Bertz CT molecular complexity index is 1270. The number of ether oxygens (including phenoxy) is 2. The molecule has 4 rings (SSSR count). The number of likely N-dealkylation sites (N-methyl/N-ethyl adjacent to an activating group) is 1. The van der Waals surface area contributed by atoms with E-state index < -0.39 is 6.09 Å². The van der Waals surface area contributed by atoms with Gasteiger partial charge in [0.1, 0.15) is 23.7 Å². The Morgan fingerprint density at radius 1 is 1.14 bits per heavy atom. The predicted octanol–water partition coefficient (Wildman–Crippen LogP) is 3.70. The largest absolute Gasteiger partial charge is 0.489 e. The molecule has 10 heteroatoms. The molecule has 0 unspecified atom stereocenters. The monoisotopic (exact) mass is 505 g/mol. The molecular formula is C27H31N5O5. The number of aromatic nitrogens is 2. The number of rotatable bonds is 9. The van der Waals surface area contributed by atoms with Gasteiger partial charge in [0, 0.05) is 45.6 Å². The number of methoxy groups -OCH3 is 1. The first-order valence-electron chi connectivity index (χ1n) is 12.0. The van der Waals surface area contributed by atoms with E-state index in [-0.39, 0.29) is 11.9 Å². The fraction of sp³-hybridized carbons (Fsp3) is 0.333. The lowest BCUT2D eigenvalue weighted by Crippen LogP contribution is -2.33. The van der Waals surface area contributed by atoms with Gasteiger partial charge in [0.25, 0.3) is 5.91 Å². The van der Waals surface area contributed by atoms with Crippen LogP contribution in [0.1, 0.15) is 27.9 Å². The van der Waals surface area contributed by atoms with Gasteiger partial charge in [-0.1, -0.05) is 24.3 Å². The number of amides is 2. The molecule has 0 saturated carbocycles. The number of hydrogen-bond acceptors (Lipinski definition) is 7. The Balaban J connectivity index is 1.42. The van der Waals surface area contributed by atoms with Gasteiger partial charge in [0.05, 0.1) is 7.11 Å². The molecule has 2 amide bonds. The normalized spacial score (nSPS) is 13.1. The standard InChI is InChI=1S/C27H31N5O5/c1-30-13-14-32(25(33)23-17-28-26(36-3)29-24(23)30)21-10-4-8-20(15-21)18-37-22-11-5-7-19(16-22)9-6-12-31(2)27(34)35/h4-5,7-8,10-11,15-17H,6,9,12-14,18H2,1-3H3,(H,34,35). The van der Waals surface area contributed by atoms with E-state index in [2.05, 4.69) is 9.97 Å². The van der Waals surface area contributed by atoms with Crippen LogP contribution in [-0.4, -0.2) is 72.8 Å². The maximum atomic E-state index is 13.4. The second-order valence-corrected chi connectivity index (χ2v) is 8.89. The van der Waals surface area contributed by atoms with E-state index in [0.29, 0.717) is 37.6 Å². The van der Waals surface area contributed by atoms with E-state index in [1.807, 2.05) is 60.5 Å². The number of anilines is 2. The summed E-state index contributed by atoms with van der Waals surface area (Å²) in [5, 5.41) is 8.98. The lowest BCUT2D eigenvalue weighted by Gasteiger charge is -2.22. The van der Waals surface area contributed by atoms with Crippen LogP contribution in [0, 0.1) is 0 Å². The first-order valence-corrected chi connectivity index (χ1v) is 12.0. The van der Waals surface area contributed by atoms with E-state index >= 15 is 0 Å². The highest BCUT2D eigenvalue weighted by molar-refractivity contribution is 6.09. The van der Waals surface area contributed by atoms with Crippen LogP contribution in [0.25, 0.3) is 0 Å². The van der Waals surface area contributed by atoms with Gasteiger partial charge in [-0.2, -0.15) is 4.98 Å². The Labute approximate surface area is 216 Å². The molecule has 2 heterocycles. The van der Waals surface area contributed by atoms with Crippen molar-refractivity contribution in [1.29, 1.82) is 0 Å². The van der Waals surface area contributed by atoms with Crippen molar-refractivity contribution in [3.05, 3.63) is 71.4 Å². The Morgan fingerprint density at radius 2 is 1.92 bits per heavy atom. The molecular weight excluding hydrogens is 474 g/mol. The van der Waals surface area contributed by atoms with E-state index in [1.165, 1.54) is 18.2 Å². The average molecular weight is 506 g/mol. The lowest BCUT2D eigenvalue weighted by molar-refractivity contribution is 0.0989. The van der Waals surface area contributed by atoms with Crippen LogP contribution in [0.3, 0.4) is 0 Å². The zero-order chi connectivity index (χ0) is 26.4. The number of aryl methyl sites for hydroxylation is 1. The summed E-state index contributed by atoms with van der Waals surface area (Å²) in [6, 6.07) is 15.8. The minimum atomic E-state index is -0.925. The molecule has 0 spiro atoms. The predicted molar refractivity (Wildman–Crippen MR) is 140 cm³/mol. The number of nitrogens with zero attached hydrogens (tertiary/aromatic N) is 5. The summed E-state index contributed by atoms with van der Waals surface area (Å²) in [5.74, 6) is 1.12. The first-order chi connectivity index (χ1) is 17.9. The van der Waals surface area contributed by atoms with Crippen LogP contribution in [0.5, 0.6) is 11.8 Å². The van der Waals surface area contributed by atoms with Crippen LogP contribution in [0.2, 0.25) is 0 Å². The quantitative estimate of drug-likeness (QED) is 0.469. The smallest absolute Gasteiger partial charge is 0.407 e. The van der Waals surface area contributed by atoms with Crippen molar-refractivity contribution in [3.63, 3.8) is 0 Å². The Kier molecular flexibility index (Phi) is 8.07. The summed E-state index contributed by atoms with van der Waals surface area (Å²) >= 11 is 0. The van der Waals surface area contributed by atoms with Gasteiger partial charge in [0.2, 0.25) is 0 Å². The van der Waals surface area contributed by atoms with Crippen LogP contribution in [0.15, 0.2) is 54.7 Å². The number of carbonyl (C=O) groups excluding carboxylic acids is 1. The Morgan fingerprint density at radius 3 is 2.70 bits per heavy atom. The SMILES string of the molecule is COc1ncc2c(n1)N(C)CCN(c1cccc(COc3cccc(CCCN(C)C(=O)O)c3)c1)C2=O. The molecule has 2 aromatic carbocycles. The zero-order valence-corrected chi connectivity index (χ0v) is 21.3. The van der Waals surface area contributed by atoms with Gasteiger partial charge in [-0.05, 0) is 48.2 Å². The molecule has 1 aromatic heterocycles. The molecule has 0 aliphatic carbocycles. The van der Waals surface area contributed by atoms with Crippen molar-refractivity contribution in [2.75, 3.05) is 50.6 Å². The van der Waals surface area contributed by atoms with Crippen LogP contribution in [-0.2, 0) is 13.0 Å². The molecule has 1 N–H and O–H groups in total. The fourth-order valence-electron chi connectivity index (χ4n) is 4.13. The van der Waals surface area contributed by atoms with E-state index in [4.69, 9.17) is 14.6 Å². The molecule has 3 aromatic rings. The molecule has 0 atom stereocenters. The lowest BCUT2D eigenvalue weighted by atomic mass is 10.1. The highest BCUT2D eigenvalue weighted by Crippen LogP contribution is 2.27. The van der Waals surface area contributed by atoms with Crippen LogP contribution < -0.4 is 19.3 Å². The summed E-state index contributed by atoms with van der Waals surface area (Å²) in [6.45, 7) is 1.92. The third-order valence-corrected chi connectivity index (χ3v) is 6.24. The van der Waals surface area contributed by atoms with Crippen molar-refractivity contribution in [3.8, 4) is 11.8 Å². The number of carbonyl (C=O) groups is 2. The van der Waals surface area contributed by atoms with Gasteiger partial charge in [-0.15, -0.1) is 0 Å². The van der Waals surface area contributed by atoms with Crippen LogP contribution >= 0.6 is 0 Å². The maximum Gasteiger partial charge on any atom is 0.407 e. The zero-order valence-electron chi connectivity index (χ0n) is 21.3. The number of carboxylic acid groups (broad SMARTS) is 1. The third kappa shape index (κ3) is 6.27. The molecule has 37 heavy (non-hydrogen) atoms. The summed E-state index contributed by atoms with van der Waals surface area (Å²) in [5.41, 5.74) is 3.22. The highest BCUT2D eigenvalue weighted by Gasteiger charge is 2.28. The fourth-order valence-corrected chi connectivity index (χ4v) is 4.13. The molecule has 1 aliphatic rings. The van der Waals surface area contributed by atoms with Crippen LogP contribution in [0.4, 0.5) is 16.3 Å². The van der Waals surface area contributed by atoms with Crippen molar-refractivity contribution in [2.24, 2.45) is 0 Å². The van der Waals surface area contributed by atoms with Gasteiger partial charge < -0.3 is 29.3 Å². The summed E-state index contributed by atoms with van der Waals surface area (Å²) in [6.07, 6.45) is 2.07. The minimum absolute atomic E-state index is 0.165. The van der Waals surface area contributed by atoms with Gasteiger partial charge >= 0.3 is 12.1 Å². The van der Waals surface area contributed by atoms with Crippen molar-refractivity contribution in [1.82, 2.24) is 14.9 Å². The molecule has 1 aliphatic heterocycles. The molecule has 10 nitrogen and oxygen atoms in total. The maximum absolute atomic E-state index is 13.4. The first kappa shape index (κ1) is 25.7. The van der Waals surface area contributed by atoms with E-state index in [1.54, 1.807) is 11.9 Å². The summed E-state index contributed by atoms with van der Waals surface area (Å²) in [7, 11) is 4.96. The average Bonchev–Trinajstić information content (AvgIpc) is 3.03. The van der Waals surface area contributed by atoms with Crippen molar-refractivity contribution in [2.45, 2.75) is 19.4 Å². The summed E-state index contributed by atoms with van der Waals surface area (Å²) < 4.78 is 11.2. The second kappa shape index (κ2) is 11.6. The number of hydrogen-bond donors (Lipinski definition) is 1. The van der Waals surface area contributed by atoms with Crippen molar-refractivity contribution >= 4 is 23.5 Å². The molecule has 0 saturated heterocycles. The van der Waals surface area contributed by atoms with E-state index in [9.17, 15) is 9.59 Å². The molecule has 0 radical (unpaired) electrons. The van der Waals surface area contributed by atoms with E-state index in [0.717, 1.165) is 35.4 Å². The molecule has 194 valence electrons. The third-order valence-electron chi connectivity index (χ3n) is 6.24. The van der Waals surface area contributed by atoms with Gasteiger partial charge in [-0.25, -0.2) is 9.78 Å². The Hall–Kier alpha value is -4.34.